The molecule has 0 unspecified atom stereocenters. The first-order chi connectivity index (χ1) is 6.20. The summed E-state index contributed by atoms with van der Waals surface area (Å²) in [5.41, 5.74) is 5.45. The van der Waals surface area contributed by atoms with Crippen LogP contribution in [0.4, 0.5) is 5.95 Å². The maximum Gasteiger partial charge on any atom is 0.241 e. The van der Waals surface area contributed by atoms with E-state index in [1.165, 1.54) is 16.0 Å². The summed E-state index contributed by atoms with van der Waals surface area (Å²) in [7, 11) is 0. The Balaban J connectivity index is 2.59. The number of hydrogen-bond acceptors (Lipinski definition) is 5. The molecule has 0 bridgehead atoms. The molecule has 4 N–H and O–H groups in total. The first-order valence-corrected chi connectivity index (χ1v) is 5.06. The van der Waals surface area contributed by atoms with Crippen LogP contribution < -0.4 is 11.6 Å². The maximum atomic E-state index is 5.62. The van der Waals surface area contributed by atoms with Gasteiger partial charge in [-0.05, 0) is 27.4 Å². The van der Waals surface area contributed by atoms with Gasteiger partial charge >= 0.3 is 0 Å². The van der Waals surface area contributed by atoms with E-state index >= 15 is 0 Å². The van der Waals surface area contributed by atoms with E-state index in [9.17, 15) is 0 Å². The molecule has 68 valence electrons. The first-order valence-electron chi connectivity index (χ1n) is 3.39. The van der Waals surface area contributed by atoms with Crippen molar-refractivity contribution in [3.63, 3.8) is 0 Å². The predicted molar refractivity (Wildman–Crippen MR) is 55.6 cm³/mol. The SMILES string of the molecule is Nc1nnc(-c2sccc2Br)n1N. The minimum Gasteiger partial charge on any atom is -0.366 e. The number of nitrogens with two attached hydrogens (primary N) is 2. The number of rotatable bonds is 1. The van der Waals surface area contributed by atoms with E-state index in [1.807, 2.05) is 11.4 Å². The second-order valence-electron chi connectivity index (χ2n) is 2.35. The van der Waals surface area contributed by atoms with Crippen molar-refractivity contribution in [3.05, 3.63) is 15.9 Å². The highest BCUT2D eigenvalue weighted by atomic mass is 79.9. The number of nitrogen functional groups attached to an aromatic ring is 2. The van der Waals surface area contributed by atoms with Crippen LogP contribution in [-0.4, -0.2) is 14.9 Å². The summed E-state index contributed by atoms with van der Waals surface area (Å²) in [6.45, 7) is 0. The molecule has 0 spiro atoms. The van der Waals surface area contributed by atoms with E-state index in [4.69, 9.17) is 11.6 Å². The van der Waals surface area contributed by atoms with Crippen LogP contribution in [-0.2, 0) is 0 Å². The van der Waals surface area contributed by atoms with Gasteiger partial charge in [-0.2, -0.15) is 0 Å². The van der Waals surface area contributed by atoms with Crippen LogP contribution >= 0.6 is 27.3 Å². The molecule has 0 saturated carbocycles. The third-order valence-corrected chi connectivity index (χ3v) is 3.38. The van der Waals surface area contributed by atoms with Crippen molar-refractivity contribution in [1.82, 2.24) is 14.9 Å². The van der Waals surface area contributed by atoms with Crippen LogP contribution in [0.2, 0.25) is 0 Å². The fourth-order valence-electron chi connectivity index (χ4n) is 0.912. The summed E-state index contributed by atoms with van der Waals surface area (Å²) in [5.74, 6) is 6.39. The molecule has 2 rings (SSSR count). The smallest absolute Gasteiger partial charge is 0.241 e. The zero-order valence-electron chi connectivity index (χ0n) is 6.44. The van der Waals surface area contributed by atoms with Crippen molar-refractivity contribution in [2.45, 2.75) is 0 Å². The van der Waals surface area contributed by atoms with Crippen molar-refractivity contribution in [2.24, 2.45) is 0 Å². The van der Waals surface area contributed by atoms with Crippen LogP contribution in [0.5, 0.6) is 0 Å². The van der Waals surface area contributed by atoms with Crippen molar-refractivity contribution in [3.8, 4) is 10.7 Å². The van der Waals surface area contributed by atoms with E-state index < -0.39 is 0 Å². The molecule has 0 aliphatic rings. The molecule has 0 aliphatic heterocycles. The van der Waals surface area contributed by atoms with Crippen LogP contribution in [0, 0.1) is 0 Å². The zero-order chi connectivity index (χ0) is 9.42. The maximum absolute atomic E-state index is 5.62. The van der Waals surface area contributed by atoms with Crippen LogP contribution in [0.15, 0.2) is 15.9 Å². The monoisotopic (exact) mass is 259 g/mol. The molecule has 0 aliphatic carbocycles. The van der Waals surface area contributed by atoms with E-state index in [1.54, 1.807) is 0 Å². The molecule has 0 radical (unpaired) electrons. The third-order valence-electron chi connectivity index (χ3n) is 1.54. The highest BCUT2D eigenvalue weighted by molar-refractivity contribution is 9.10. The Bertz CT molecular complexity index is 434. The van der Waals surface area contributed by atoms with Gasteiger partial charge in [-0.3, -0.25) is 0 Å². The first kappa shape index (κ1) is 8.52. The standard InChI is InChI=1S/C6H6BrN5S/c7-3-1-2-13-4(3)5-10-11-6(8)12(5)9/h1-2H,9H2,(H2,8,11). The summed E-state index contributed by atoms with van der Waals surface area (Å²) >= 11 is 4.90. The van der Waals surface area contributed by atoms with Crippen molar-refractivity contribution in [1.29, 1.82) is 0 Å². The molecule has 2 heterocycles. The molecular weight excluding hydrogens is 254 g/mol. The van der Waals surface area contributed by atoms with E-state index in [0.29, 0.717) is 5.82 Å². The quantitative estimate of drug-likeness (QED) is 0.751. The average Bonchev–Trinajstić information content (AvgIpc) is 2.62. The third kappa shape index (κ3) is 1.29. The Morgan fingerprint density at radius 2 is 2.23 bits per heavy atom. The Kier molecular flexibility index (Phi) is 1.97. The van der Waals surface area contributed by atoms with Crippen molar-refractivity contribution in [2.75, 3.05) is 11.6 Å². The Hall–Kier alpha value is -1.08. The van der Waals surface area contributed by atoms with Gasteiger partial charge in [0.25, 0.3) is 0 Å². The van der Waals surface area contributed by atoms with E-state index in [-0.39, 0.29) is 5.95 Å². The number of halogens is 1. The summed E-state index contributed by atoms with van der Waals surface area (Å²) in [5, 5.41) is 9.46. The summed E-state index contributed by atoms with van der Waals surface area (Å²) < 4.78 is 2.20. The molecule has 2 aromatic heterocycles. The molecular formula is C6H6BrN5S. The highest BCUT2D eigenvalue weighted by Crippen LogP contribution is 2.31. The van der Waals surface area contributed by atoms with Gasteiger partial charge in [0.15, 0.2) is 5.82 Å². The summed E-state index contributed by atoms with van der Waals surface area (Å²) in [4.78, 5) is 0.923. The second kappa shape index (κ2) is 3.00. The minimum atomic E-state index is 0.204. The molecule has 0 amide bonds. The van der Waals surface area contributed by atoms with E-state index in [2.05, 4.69) is 26.1 Å². The summed E-state index contributed by atoms with van der Waals surface area (Å²) in [6, 6.07) is 1.92. The van der Waals surface area contributed by atoms with Gasteiger partial charge < -0.3 is 11.6 Å². The minimum absolute atomic E-state index is 0.204. The lowest BCUT2D eigenvalue weighted by Crippen LogP contribution is -2.13. The lowest BCUT2D eigenvalue weighted by molar-refractivity contribution is 1.02. The number of hydrogen-bond donors (Lipinski definition) is 2. The molecule has 13 heavy (non-hydrogen) atoms. The zero-order valence-corrected chi connectivity index (χ0v) is 8.84. The van der Waals surface area contributed by atoms with E-state index in [0.717, 1.165) is 9.35 Å². The number of nitrogens with zero attached hydrogens (tertiary/aromatic N) is 3. The molecule has 2 aromatic rings. The second-order valence-corrected chi connectivity index (χ2v) is 4.12. The van der Waals surface area contributed by atoms with Gasteiger partial charge in [-0.1, -0.05) is 0 Å². The van der Waals surface area contributed by atoms with Gasteiger partial charge in [0.1, 0.15) is 0 Å². The highest BCUT2D eigenvalue weighted by Gasteiger charge is 2.12. The molecule has 0 aromatic carbocycles. The fraction of sp³-hybridized carbons (Fsp3) is 0. The molecule has 7 heteroatoms. The van der Waals surface area contributed by atoms with Gasteiger partial charge in [-0.25, -0.2) is 4.68 Å². The lowest BCUT2D eigenvalue weighted by Gasteiger charge is -1.98. The van der Waals surface area contributed by atoms with Crippen LogP contribution in [0.3, 0.4) is 0 Å². The largest absolute Gasteiger partial charge is 0.366 e. The molecule has 0 atom stereocenters. The molecule has 5 nitrogen and oxygen atoms in total. The van der Waals surface area contributed by atoms with Crippen LogP contribution in [0.25, 0.3) is 10.7 Å². The topological polar surface area (TPSA) is 82.8 Å². The molecule has 0 fully saturated rings. The average molecular weight is 260 g/mol. The van der Waals surface area contributed by atoms with Gasteiger partial charge in [-0.15, -0.1) is 21.5 Å². The van der Waals surface area contributed by atoms with Gasteiger partial charge in [0.05, 0.1) is 4.88 Å². The number of thiophene rings is 1. The Labute approximate surface area is 86.5 Å². The number of aromatic nitrogens is 3. The fourth-order valence-corrected chi connectivity index (χ4v) is 2.44. The van der Waals surface area contributed by atoms with Crippen molar-refractivity contribution >= 4 is 33.2 Å². The predicted octanol–water partition coefficient (Wildman–Crippen LogP) is 1.07. The van der Waals surface area contributed by atoms with Gasteiger partial charge in [0, 0.05) is 4.47 Å². The lowest BCUT2D eigenvalue weighted by atomic mass is 10.4. The molecule has 0 saturated heterocycles. The van der Waals surface area contributed by atoms with Crippen LogP contribution in [0.1, 0.15) is 0 Å². The Morgan fingerprint density at radius 1 is 1.46 bits per heavy atom. The number of anilines is 1. The van der Waals surface area contributed by atoms with Gasteiger partial charge in [0.2, 0.25) is 5.95 Å². The normalized spacial score (nSPS) is 10.5. The summed E-state index contributed by atoms with van der Waals surface area (Å²) in [6.07, 6.45) is 0. The van der Waals surface area contributed by atoms with Crippen molar-refractivity contribution < 1.29 is 0 Å². The Morgan fingerprint density at radius 3 is 2.69 bits per heavy atom.